The fourth-order valence-corrected chi connectivity index (χ4v) is 12.2. The number of allylic oxidation sites excluding steroid dienone is 12. The summed E-state index contributed by atoms with van der Waals surface area (Å²) in [6.07, 6.45) is 101. The van der Waals surface area contributed by atoms with Gasteiger partial charge < -0.3 is 28.5 Å². The van der Waals surface area contributed by atoms with Gasteiger partial charge in [-0.3, -0.25) is 9.59 Å². The Morgan fingerprint density at radius 1 is 0.326 bits per heavy atom. The van der Waals surface area contributed by atoms with Gasteiger partial charge in [-0.2, -0.15) is 0 Å². The summed E-state index contributed by atoms with van der Waals surface area (Å²) in [5.74, 6) is -1.97. The maximum absolute atomic E-state index is 13.0. The first-order valence-corrected chi connectivity index (χ1v) is 41.1. The molecule has 0 fully saturated rings. The number of carboxylic acids is 1. The Labute approximate surface area is 589 Å². The topological polar surface area (TPSA) is 108 Å². The average Bonchev–Trinajstić information content (AvgIpc) is 2.92. The predicted octanol–water partition coefficient (Wildman–Crippen LogP) is 26.4. The van der Waals surface area contributed by atoms with Crippen LogP contribution >= 0.6 is 0 Å². The van der Waals surface area contributed by atoms with Gasteiger partial charge in [0, 0.05) is 12.8 Å². The molecule has 9 heteroatoms. The fraction of sp³-hybridized carbons (Fsp3) is 0.826. The van der Waals surface area contributed by atoms with E-state index in [-0.39, 0.29) is 38.2 Å². The van der Waals surface area contributed by atoms with Crippen LogP contribution in [0, 0.1) is 0 Å². The lowest BCUT2D eigenvalue weighted by Crippen LogP contribution is -2.40. The first-order chi connectivity index (χ1) is 46.6. The van der Waals surface area contributed by atoms with E-state index in [0.29, 0.717) is 17.4 Å². The van der Waals surface area contributed by atoms with Gasteiger partial charge in [-0.1, -0.05) is 376 Å². The number of likely N-dealkylation sites (N-methyl/N-ethyl adjacent to an activating group) is 1. The average molecular weight is 1330 g/mol. The second-order valence-corrected chi connectivity index (χ2v) is 29.1. The van der Waals surface area contributed by atoms with Crippen LogP contribution < -0.4 is 0 Å². The van der Waals surface area contributed by atoms with E-state index in [1.807, 2.05) is 21.1 Å². The van der Waals surface area contributed by atoms with Crippen molar-refractivity contribution in [1.29, 1.82) is 0 Å². The van der Waals surface area contributed by atoms with Crippen LogP contribution in [0.4, 0.5) is 0 Å². The molecule has 0 heterocycles. The largest absolute Gasteiger partial charge is 0.477 e. The van der Waals surface area contributed by atoms with Gasteiger partial charge in [0.15, 0.2) is 6.10 Å². The molecule has 0 aromatic carbocycles. The zero-order chi connectivity index (χ0) is 69.0. The van der Waals surface area contributed by atoms with Gasteiger partial charge in [-0.25, -0.2) is 4.79 Å². The van der Waals surface area contributed by atoms with Crippen molar-refractivity contribution in [2.45, 2.75) is 411 Å². The summed E-state index contributed by atoms with van der Waals surface area (Å²) in [6.45, 7) is 4.82. The molecule has 554 valence electrons. The Hall–Kier alpha value is -3.27. The zero-order valence-electron chi connectivity index (χ0n) is 63.6. The number of carboxylic acid groups (broad SMARTS) is 1. The van der Waals surface area contributed by atoms with Crippen LogP contribution in [0.15, 0.2) is 72.9 Å². The van der Waals surface area contributed by atoms with E-state index >= 15 is 0 Å². The number of ether oxygens (including phenoxy) is 4. The Bertz CT molecular complexity index is 1790. The highest BCUT2D eigenvalue weighted by molar-refractivity contribution is 5.71. The number of carbonyl (C=O) groups is 3. The molecule has 0 aliphatic heterocycles. The molecule has 0 rings (SSSR count). The number of hydrogen-bond acceptors (Lipinski definition) is 7. The highest BCUT2D eigenvalue weighted by Gasteiger charge is 2.25. The van der Waals surface area contributed by atoms with Gasteiger partial charge in [0.05, 0.1) is 34.4 Å². The van der Waals surface area contributed by atoms with Crippen molar-refractivity contribution in [3.8, 4) is 0 Å². The number of unbranched alkanes of at least 4 members (excludes halogenated alkanes) is 50. The molecule has 2 atom stereocenters. The van der Waals surface area contributed by atoms with E-state index in [2.05, 4.69) is 86.8 Å². The predicted molar refractivity (Wildman–Crippen MR) is 410 cm³/mol. The monoisotopic (exact) mass is 1330 g/mol. The minimum atomic E-state index is -1.51. The third kappa shape index (κ3) is 77.9. The lowest BCUT2D eigenvalue weighted by molar-refractivity contribution is -0.870. The minimum absolute atomic E-state index is 0.177. The second kappa shape index (κ2) is 76.5. The third-order valence-corrected chi connectivity index (χ3v) is 18.4. The van der Waals surface area contributed by atoms with E-state index in [9.17, 15) is 19.5 Å². The first-order valence-electron chi connectivity index (χ1n) is 41.1. The number of carbonyl (C=O) groups excluding carboxylic acids is 2. The quantitative estimate of drug-likeness (QED) is 0.0211. The molecule has 0 aromatic heterocycles. The van der Waals surface area contributed by atoms with Crippen molar-refractivity contribution in [2.75, 3.05) is 47.5 Å². The number of quaternary nitrogens is 1. The van der Waals surface area contributed by atoms with Crippen LogP contribution in [0.25, 0.3) is 0 Å². The summed E-state index contributed by atoms with van der Waals surface area (Å²) in [5.41, 5.74) is 0. The minimum Gasteiger partial charge on any atom is -0.477 e. The van der Waals surface area contributed by atoms with E-state index in [1.165, 1.54) is 302 Å². The van der Waals surface area contributed by atoms with Crippen LogP contribution in [0.2, 0.25) is 0 Å². The first kappa shape index (κ1) is 91.7. The molecule has 0 amide bonds. The van der Waals surface area contributed by atoms with E-state index in [4.69, 9.17) is 18.9 Å². The van der Waals surface area contributed by atoms with Crippen molar-refractivity contribution in [3.63, 3.8) is 0 Å². The molecule has 0 saturated carbocycles. The van der Waals surface area contributed by atoms with Gasteiger partial charge in [0.2, 0.25) is 0 Å². The van der Waals surface area contributed by atoms with Gasteiger partial charge in [0.25, 0.3) is 6.29 Å². The van der Waals surface area contributed by atoms with Gasteiger partial charge in [-0.05, 0) is 83.5 Å². The molecule has 0 spiro atoms. The summed E-state index contributed by atoms with van der Waals surface area (Å²) in [6, 6.07) is 0. The molecular weight excluding hydrogens is 1170 g/mol. The molecule has 0 saturated heterocycles. The van der Waals surface area contributed by atoms with Gasteiger partial charge in [-0.15, -0.1) is 0 Å². The van der Waals surface area contributed by atoms with Crippen molar-refractivity contribution in [1.82, 2.24) is 0 Å². The highest BCUT2D eigenvalue weighted by Crippen LogP contribution is 2.20. The Morgan fingerprint density at radius 3 is 0.895 bits per heavy atom. The molecule has 0 aliphatic rings. The number of aliphatic carboxylic acids is 1. The van der Waals surface area contributed by atoms with E-state index in [1.54, 1.807) is 0 Å². The van der Waals surface area contributed by atoms with E-state index in [0.717, 1.165) is 70.6 Å². The Balaban J connectivity index is 3.95. The third-order valence-electron chi connectivity index (χ3n) is 18.4. The summed E-state index contributed by atoms with van der Waals surface area (Å²) in [4.78, 5) is 37.8. The molecular formula is C86H158NO8+. The number of hydrogen-bond donors (Lipinski definition) is 1. The number of rotatable bonds is 77. The van der Waals surface area contributed by atoms with Crippen LogP contribution in [0.5, 0.6) is 0 Å². The second-order valence-electron chi connectivity index (χ2n) is 29.1. The smallest absolute Gasteiger partial charge is 0.361 e. The van der Waals surface area contributed by atoms with Crippen LogP contribution in [-0.2, 0) is 33.3 Å². The zero-order valence-corrected chi connectivity index (χ0v) is 63.6. The summed E-state index contributed by atoms with van der Waals surface area (Å²) in [7, 11) is 6.00. The fourth-order valence-electron chi connectivity index (χ4n) is 12.2. The molecule has 9 nitrogen and oxygen atoms in total. The van der Waals surface area contributed by atoms with Crippen LogP contribution in [0.1, 0.15) is 399 Å². The number of esters is 2. The molecule has 0 aromatic rings. The summed E-state index contributed by atoms with van der Waals surface area (Å²) in [5, 5.41) is 9.78. The standard InChI is InChI=1S/C86H157NO8/c1-6-8-10-12-14-16-18-20-22-24-26-28-30-32-34-36-38-39-40-41-42-43-44-45-47-49-51-53-55-57-59-61-63-65-67-69-71-73-75-77-84(89)95-82(81-94-86(85(90)91)92-79-78-87(3,4)5)80-93-83(88)76-74-72-70-68-66-64-62-60-58-56-54-52-50-48-46-37-35-33-31-29-27-25-23-21-19-17-15-13-11-9-7-2/h8,10,14,16,19-22,25-28,82,86H,6-7,9,11-13,15,17-18,23-24,29-81H2,1-5H3/p+1/b10-8-,16-14-,21-19-,22-20-,27-25-,28-26-. The van der Waals surface area contributed by atoms with Crippen LogP contribution in [-0.4, -0.2) is 87.4 Å². The Kier molecular flexibility index (Phi) is 73.9. The maximum Gasteiger partial charge on any atom is 0.361 e. The van der Waals surface area contributed by atoms with Crippen molar-refractivity contribution < 1.29 is 42.9 Å². The lowest BCUT2D eigenvalue weighted by atomic mass is 10.0. The van der Waals surface area contributed by atoms with Crippen molar-refractivity contribution >= 4 is 17.9 Å². The maximum atomic E-state index is 13.0. The molecule has 2 unspecified atom stereocenters. The number of nitrogens with zero attached hydrogens (tertiary/aromatic N) is 1. The SMILES string of the molecule is CC/C=C\C/C=C\C/C=C\C/C=C\CCCCCCCCCCCCCCCCCCCCCCCCCCCCC(=O)OC(COC(=O)CCCCCCCCCCCCCCCCCCCCC/C=C\C/C=C\CCCCCCC)COC(OCC[N+](C)(C)C)C(=O)O. The molecule has 1 N–H and O–H groups in total. The molecule has 95 heavy (non-hydrogen) atoms. The van der Waals surface area contributed by atoms with Gasteiger partial charge in [0.1, 0.15) is 13.2 Å². The molecule has 0 radical (unpaired) electrons. The molecule has 0 bridgehead atoms. The van der Waals surface area contributed by atoms with Gasteiger partial charge >= 0.3 is 17.9 Å². The summed E-state index contributed by atoms with van der Waals surface area (Å²) < 4.78 is 23.1. The lowest BCUT2D eigenvalue weighted by Gasteiger charge is -2.25. The van der Waals surface area contributed by atoms with Crippen LogP contribution in [0.3, 0.4) is 0 Å². The van der Waals surface area contributed by atoms with Crippen molar-refractivity contribution in [2.24, 2.45) is 0 Å². The normalized spacial score (nSPS) is 13.0. The Morgan fingerprint density at radius 2 is 0.600 bits per heavy atom. The summed E-state index contributed by atoms with van der Waals surface area (Å²) >= 11 is 0. The molecule has 0 aliphatic carbocycles. The van der Waals surface area contributed by atoms with Crippen molar-refractivity contribution in [3.05, 3.63) is 72.9 Å². The van der Waals surface area contributed by atoms with E-state index < -0.39 is 18.4 Å². The highest BCUT2D eigenvalue weighted by atomic mass is 16.7.